The Kier molecular flexibility index (Phi) is 5.18. The molecule has 36 heavy (non-hydrogen) atoms. The first-order valence-corrected chi connectivity index (χ1v) is 13.7. The van der Waals surface area contributed by atoms with Crippen molar-refractivity contribution in [3.05, 3.63) is 64.2 Å². The third kappa shape index (κ3) is 4.19. The van der Waals surface area contributed by atoms with Crippen molar-refractivity contribution in [1.82, 2.24) is 4.90 Å². The normalized spacial score (nSPS) is 23.8. The highest BCUT2D eigenvalue weighted by Crippen LogP contribution is 2.52. The predicted molar refractivity (Wildman–Crippen MR) is 137 cm³/mol. The summed E-state index contributed by atoms with van der Waals surface area (Å²) < 4.78 is 5.96. The summed E-state index contributed by atoms with van der Waals surface area (Å²) in [6.07, 6.45) is 9.46. The SMILES string of the molecule is O=C(O)c1ccc(N2CC3(CCN(Cc4cc(C5CC5)c(C5CC5)cc4C4CC4)CC3)OC2=O)cc1. The molecular weight excluding hydrogens is 452 g/mol. The molecule has 0 aromatic heterocycles. The maximum atomic E-state index is 12.7. The average Bonchev–Trinajstić information content (AvgIpc) is 3.74. The molecule has 2 heterocycles. The molecule has 5 aliphatic rings. The summed E-state index contributed by atoms with van der Waals surface area (Å²) in [7, 11) is 0. The molecule has 0 unspecified atom stereocenters. The number of hydrogen-bond donors (Lipinski definition) is 1. The number of benzene rings is 2. The molecule has 188 valence electrons. The van der Waals surface area contributed by atoms with Crippen LogP contribution in [0.2, 0.25) is 0 Å². The molecule has 3 aliphatic carbocycles. The number of anilines is 1. The molecule has 0 radical (unpaired) electrons. The summed E-state index contributed by atoms with van der Waals surface area (Å²) in [6.45, 7) is 3.38. The standard InChI is InChI=1S/C30H34N2O4/c33-28(34)22-7-9-24(10-8-22)32-18-30(36-29(32)35)11-13-31(14-12-30)17-23-15-26(20-3-4-20)27(21-5-6-21)16-25(23)19-1-2-19/h7-10,15-16,19-21H,1-6,11-14,17-18H2,(H,33,34). The number of piperidine rings is 1. The summed E-state index contributed by atoms with van der Waals surface area (Å²) in [6, 6.07) is 11.7. The molecule has 0 bridgehead atoms. The number of ether oxygens (including phenoxy) is 1. The van der Waals surface area contributed by atoms with Gasteiger partial charge < -0.3 is 9.84 Å². The van der Waals surface area contributed by atoms with E-state index >= 15 is 0 Å². The zero-order valence-corrected chi connectivity index (χ0v) is 20.7. The van der Waals surface area contributed by atoms with Gasteiger partial charge in [0.1, 0.15) is 5.60 Å². The molecule has 6 heteroatoms. The Bertz CT molecular complexity index is 1200. The van der Waals surface area contributed by atoms with E-state index in [2.05, 4.69) is 17.0 Å². The fourth-order valence-electron chi connectivity index (χ4n) is 6.33. The Balaban J connectivity index is 1.04. The largest absolute Gasteiger partial charge is 0.478 e. The summed E-state index contributed by atoms with van der Waals surface area (Å²) in [4.78, 5) is 28.1. The molecule has 5 fully saturated rings. The van der Waals surface area contributed by atoms with Gasteiger partial charge in [-0.2, -0.15) is 0 Å². The fraction of sp³-hybridized carbons (Fsp3) is 0.533. The molecule has 1 amide bonds. The highest BCUT2D eigenvalue weighted by Gasteiger charge is 2.47. The van der Waals surface area contributed by atoms with Crippen molar-refractivity contribution in [3.63, 3.8) is 0 Å². The number of carboxylic acid groups (broad SMARTS) is 1. The van der Waals surface area contributed by atoms with Crippen molar-refractivity contribution in [2.45, 2.75) is 81.3 Å². The lowest BCUT2D eigenvalue weighted by Gasteiger charge is -2.37. The van der Waals surface area contributed by atoms with Gasteiger partial charge in [-0.25, -0.2) is 9.59 Å². The van der Waals surface area contributed by atoms with Gasteiger partial charge in [-0.1, -0.05) is 12.1 Å². The van der Waals surface area contributed by atoms with Gasteiger partial charge in [-0.05, 0) is 103 Å². The highest BCUT2D eigenvalue weighted by atomic mass is 16.6. The minimum absolute atomic E-state index is 0.218. The molecule has 2 aliphatic heterocycles. The third-order valence-electron chi connectivity index (χ3n) is 8.95. The van der Waals surface area contributed by atoms with Crippen LogP contribution in [0.5, 0.6) is 0 Å². The van der Waals surface area contributed by atoms with Crippen LogP contribution in [0, 0.1) is 0 Å². The lowest BCUT2D eigenvalue weighted by molar-refractivity contribution is -0.00103. The number of carbonyl (C=O) groups excluding carboxylic acids is 1. The van der Waals surface area contributed by atoms with E-state index in [0.717, 1.165) is 50.2 Å². The van der Waals surface area contributed by atoms with Gasteiger partial charge >= 0.3 is 12.1 Å². The third-order valence-corrected chi connectivity index (χ3v) is 8.95. The molecule has 2 aromatic carbocycles. The Morgan fingerprint density at radius 1 is 0.889 bits per heavy atom. The average molecular weight is 487 g/mol. The molecule has 2 aromatic rings. The summed E-state index contributed by atoms with van der Waals surface area (Å²) in [5.74, 6) is 1.41. The van der Waals surface area contributed by atoms with Crippen LogP contribution >= 0.6 is 0 Å². The molecule has 6 nitrogen and oxygen atoms in total. The predicted octanol–water partition coefficient (Wildman–Crippen LogP) is 6.01. The van der Waals surface area contributed by atoms with Crippen molar-refractivity contribution in [1.29, 1.82) is 0 Å². The Hall–Kier alpha value is -2.86. The first-order valence-electron chi connectivity index (χ1n) is 13.7. The van der Waals surface area contributed by atoms with E-state index in [9.17, 15) is 9.59 Å². The van der Waals surface area contributed by atoms with E-state index in [0.29, 0.717) is 12.2 Å². The number of hydrogen-bond acceptors (Lipinski definition) is 4. The molecule has 3 saturated carbocycles. The van der Waals surface area contributed by atoms with Gasteiger partial charge in [0, 0.05) is 38.2 Å². The van der Waals surface area contributed by atoms with Crippen molar-refractivity contribution in [3.8, 4) is 0 Å². The summed E-state index contributed by atoms with van der Waals surface area (Å²) in [5.41, 5.74) is 6.95. The van der Waals surface area contributed by atoms with Gasteiger partial charge in [0.05, 0.1) is 12.1 Å². The van der Waals surface area contributed by atoms with E-state index in [1.807, 2.05) is 0 Å². The van der Waals surface area contributed by atoms with Gasteiger partial charge in [-0.15, -0.1) is 0 Å². The highest BCUT2D eigenvalue weighted by molar-refractivity contribution is 5.92. The molecule has 1 N–H and O–H groups in total. The van der Waals surface area contributed by atoms with Crippen molar-refractivity contribution in [2.75, 3.05) is 24.5 Å². The Morgan fingerprint density at radius 3 is 2.06 bits per heavy atom. The molecule has 0 atom stereocenters. The van der Waals surface area contributed by atoms with Crippen LogP contribution in [0.4, 0.5) is 10.5 Å². The van der Waals surface area contributed by atoms with Crippen molar-refractivity contribution >= 4 is 17.7 Å². The number of carbonyl (C=O) groups is 2. The smallest absolute Gasteiger partial charge is 0.415 e. The van der Waals surface area contributed by atoms with Gasteiger partial charge in [0.15, 0.2) is 0 Å². The van der Waals surface area contributed by atoms with E-state index in [1.165, 1.54) is 38.5 Å². The molecule has 2 saturated heterocycles. The van der Waals surface area contributed by atoms with Crippen LogP contribution in [-0.2, 0) is 11.3 Å². The number of carboxylic acids is 1. The van der Waals surface area contributed by atoms with Crippen LogP contribution < -0.4 is 4.90 Å². The van der Waals surface area contributed by atoms with E-state index in [1.54, 1.807) is 51.4 Å². The number of likely N-dealkylation sites (tertiary alicyclic amines) is 1. The van der Waals surface area contributed by atoms with Crippen LogP contribution in [0.15, 0.2) is 36.4 Å². The fourth-order valence-corrected chi connectivity index (χ4v) is 6.33. The number of nitrogens with zero attached hydrogens (tertiary/aromatic N) is 2. The van der Waals surface area contributed by atoms with Gasteiger partial charge in [0.2, 0.25) is 0 Å². The molecule has 7 rings (SSSR count). The number of aromatic carboxylic acids is 1. The van der Waals surface area contributed by atoms with Crippen LogP contribution in [0.25, 0.3) is 0 Å². The quantitative estimate of drug-likeness (QED) is 0.519. The van der Waals surface area contributed by atoms with Crippen LogP contribution in [0.1, 0.15) is 102 Å². The number of amides is 1. The van der Waals surface area contributed by atoms with Gasteiger partial charge in [-0.3, -0.25) is 9.80 Å². The second-order valence-electron chi connectivity index (χ2n) is 11.8. The maximum Gasteiger partial charge on any atom is 0.415 e. The Labute approximate surface area is 212 Å². The first kappa shape index (κ1) is 22.3. The van der Waals surface area contributed by atoms with Crippen LogP contribution in [0.3, 0.4) is 0 Å². The van der Waals surface area contributed by atoms with Crippen molar-refractivity contribution in [2.24, 2.45) is 0 Å². The van der Waals surface area contributed by atoms with E-state index in [-0.39, 0.29) is 11.7 Å². The minimum Gasteiger partial charge on any atom is -0.478 e. The monoisotopic (exact) mass is 486 g/mol. The Morgan fingerprint density at radius 2 is 1.47 bits per heavy atom. The summed E-state index contributed by atoms with van der Waals surface area (Å²) in [5, 5.41) is 9.15. The van der Waals surface area contributed by atoms with E-state index < -0.39 is 11.6 Å². The zero-order chi connectivity index (χ0) is 24.4. The molecule has 1 spiro atoms. The van der Waals surface area contributed by atoms with Crippen molar-refractivity contribution < 1.29 is 19.4 Å². The second-order valence-corrected chi connectivity index (χ2v) is 11.8. The summed E-state index contributed by atoms with van der Waals surface area (Å²) >= 11 is 0. The maximum absolute atomic E-state index is 12.7. The zero-order valence-electron chi connectivity index (χ0n) is 20.7. The first-order chi connectivity index (χ1) is 17.5. The second kappa shape index (κ2) is 8.34. The number of rotatable bonds is 7. The van der Waals surface area contributed by atoms with E-state index in [4.69, 9.17) is 9.84 Å². The lowest BCUT2D eigenvalue weighted by atomic mass is 9.89. The van der Waals surface area contributed by atoms with Crippen LogP contribution in [-0.4, -0.2) is 47.3 Å². The lowest BCUT2D eigenvalue weighted by Crippen LogP contribution is -2.46. The topological polar surface area (TPSA) is 70.1 Å². The minimum atomic E-state index is -0.967. The van der Waals surface area contributed by atoms with Gasteiger partial charge in [0.25, 0.3) is 0 Å². The molecular formula is C30H34N2O4.